The molecule has 82 valence electrons. The van der Waals surface area contributed by atoms with Gasteiger partial charge in [-0.3, -0.25) is 10.1 Å². The first-order valence-electron chi connectivity index (χ1n) is 4.36. The summed E-state index contributed by atoms with van der Waals surface area (Å²) in [6.07, 6.45) is 0.338. The molecular weight excluding hydrogens is 220 g/mol. The summed E-state index contributed by atoms with van der Waals surface area (Å²) in [5.41, 5.74) is 6.70. The molecule has 15 heavy (non-hydrogen) atoms. The molecule has 0 saturated heterocycles. The zero-order chi connectivity index (χ0) is 11.4. The van der Waals surface area contributed by atoms with E-state index in [1.807, 2.05) is 0 Å². The van der Waals surface area contributed by atoms with Crippen LogP contribution in [0.3, 0.4) is 0 Å². The van der Waals surface area contributed by atoms with Crippen molar-refractivity contribution < 1.29 is 10.0 Å². The van der Waals surface area contributed by atoms with Gasteiger partial charge in [0.05, 0.1) is 4.92 Å². The van der Waals surface area contributed by atoms with E-state index < -0.39 is 4.92 Å². The molecular formula is C9H11ClN2O3. The number of hydrogen-bond acceptors (Lipinski definition) is 4. The number of rotatable bonds is 4. The van der Waals surface area contributed by atoms with Gasteiger partial charge in [0, 0.05) is 19.2 Å². The largest absolute Gasteiger partial charge is 0.396 e. The Morgan fingerprint density at radius 3 is 2.60 bits per heavy atom. The van der Waals surface area contributed by atoms with Gasteiger partial charge in [-0.15, -0.1) is 0 Å². The fourth-order valence-corrected chi connectivity index (χ4v) is 1.58. The Morgan fingerprint density at radius 1 is 1.47 bits per heavy atom. The van der Waals surface area contributed by atoms with E-state index in [-0.39, 0.29) is 23.9 Å². The van der Waals surface area contributed by atoms with Gasteiger partial charge in [-0.2, -0.15) is 0 Å². The highest BCUT2D eigenvalue weighted by atomic mass is 35.5. The quantitative estimate of drug-likeness (QED) is 0.602. The molecule has 0 aliphatic carbocycles. The Bertz CT molecular complexity index is 382. The first-order chi connectivity index (χ1) is 7.10. The molecule has 0 fully saturated rings. The number of nitrogens with zero attached hydrogens (tertiary/aromatic N) is 1. The summed E-state index contributed by atoms with van der Waals surface area (Å²) >= 11 is 5.72. The van der Waals surface area contributed by atoms with Crippen molar-refractivity contribution in [3.05, 3.63) is 38.4 Å². The number of halogens is 1. The lowest BCUT2D eigenvalue weighted by Crippen LogP contribution is -2.05. The van der Waals surface area contributed by atoms with Gasteiger partial charge in [0.2, 0.25) is 0 Å². The topological polar surface area (TPSA) is 89.4 Å². The van der Waals surface area contributed by atoms with Gasteiger partial charge in [0.1, 0.15) is 5.02 Å². The van der Waals surface area contributed by atoms with Crippen molar-refractivity contribution in [1.29, 1.82) is 0 Å². The Morgan fingerprint density at radius 2 is 2.13 bits per heavy atom. The van der Waals surface area contributed by atoms with E-state index in [0.29, 0.717) is 12.0 Å². The maximum Gasteiger partial charge on any atom is 0.288 e. The van der Waals surface area contributed by atoms with Crippen LogP contribution < -0.4 is 5.73 Å². The normalized spacial score (nSPS) is 10.3. The van der Waals surface area contributed by atoms with Crippen molar-refractivity contribution in [1.82, 2.24) is 0 Å². The molecule has 0 heterocycles. The second-order valence-corrected chi connectivity index (χ2v) is 3.41. The smallest absolute Gasteiger partial charge is 0.288 e. The van der Waals surface area contributed by atoms with E-state index in [4.69, 9.17) is 22.4 Å². The van der Waals surface area contributed by atoms with E-state index in [1.165, 1.54) is 12.1 Å². The second-order valence-electron chi connectivity index (χ2n) is 3.01. The van der Waals surface area contributed by atoms with E-state index in [0.717, 1.165) is 5.56 Å². The van der Waals surface area contributed by atoms with Gasteiger partial charge in [0.15, 0.2) is 0 Å². The van der Waals surface area contributed by atoms with Crippen LogP contribution in [0.15, 0.2) is 12.1 Å². The first kappa shape index (κ1) is 11.9. The molecule has 0 aromatic heterocycles. The van der Waals surface area contributed by atoms with Crippen molar-refractivity contribution in [3.63, 3.8) is 0 Å². The molecule has 6 heteroatoms. The van der Waals surface area contributed by atoms with Crippen LogP contribution in [0.1, 0.15) is 11.1 Å². The third-order valence-corrected chi connectivity index (χ3v) is 2.37. The molecule has 0 bridgehead atoms. The summed E-state index contributed by atoms with van der Waals surface area (Å²) in [6, 6.07) is 2.84. The molecule has 0 aliphatic heterocycles. The predicted octanol–water partition coefficient (Wildman–Crippen LogP) is 1.24. The number of aliphatic hydroxyl groups is 1. The molecule has 0 unspecified atom stereocenters. The van der Waals surface area contributed by atoms with Gasteiger partial charge in [-0.05, 0) is 23.6 Å². The maximum atomic E-state index is 10.6. The number of hydrogen-bond donors (Lipinski definition) is 2. The molecule has 0 saturated carbocycles. The van der Waals surface area contributed by atoms with E-state index >= 15 is 0 Å². The van der Waals surface area contributed by atoms with Crippen molar-refractivity contribution in [2.24, 2.45) is 5.73 Å². The Hall–Kier alpha value is -1.17. The second kappa shape index (κ2) is 5.06. The molecule has 5 nitrogen and oxygen atoms in total. The number of nitro benzene ring substituents is 1. The summed E-state index contributed by atoms with van der Waals surface area (Å²) in [5, 5.41) is 19.5. The Kier molecular flexibility index (Phi) is 4.02. The number of benzene rings is 1. The van der Waals surface area contributed by atoms with Crippen LogP contribution in [0.5, 0.6) is 0 Å². The van der Waals surface area contributed by atoms with E-state index in [1.54, 1.807) is 0 Å². The van der Waals surface area contributed by atoms with Crippen LogP contribution >= 0.6 is 11.6 Å². The molecule has 1 rings (SSSR count). The fourth-order valence-electron chi connectivity index (χ4n) is 1.33. The fraction of sp³-hybridized carbons (Fsp3) is 0.333. The minimum absolute atomic E-state index is 0.0714. The minimum atomic E-state index is -0.552. The first-order valence-corrected chi connectivity index (χ1v) is 4.74. The number of nitrogens with two attached hydrogens (primary N) is 1. The van der Waals surface area contributed by atoms with Gasteiger partial charge in [-0.1, -0.05) is 11.6 Å². The summed E-state index contributed by atoms with van der Waals surface area (Å²) in [7, 11) is 0. The zero-order valence-electron chi connectivity index (χ0n) is 7.94. The molecule has 0 amide bonds. The molecule has 0 atom stereocenters. The third-order valence-electron chi connectivity index (χ3n) is 2.07. The lowest BCUT2D eigenvalue weighted by molar-refractivity contribution is -0.384. The summed E-state index contributed by atoms with van der Waals surface area (Å²) in [5.74, 6) is 0. The van der Waals surface area contributed by atoms with Crippen molar-refractivity contribution in [3.8, 4) is 0 Å². The van der Waals surface area contributed by atoms with Crippen LogP contribution in [-0.4, -0.2) is 16.6 Å². The van der Waals surface area contributed by atoms with Gasteiger partial charge in [-0.25, -0.2) is 0 Å². The zero-order valence-corrected chi connectivity index (χ0v) is 8.70. The molecule has 0 spiro atoms. The van der Waals surface area contributed by atoms with Crippen LogP contribution in [0.25, 0.3) is 0 Å². The lowest BCUT2D eigenvalue weighted by atomic mass is 10.0. The van der Waals surface area contributed by atoms with Gasteiger partial charge < -0.3 is 10.8 Å². The van der Waals surface area contributed by atoms with Crippen molar-refractivity contribution >= 4 is 17.3 Å². The highest BCUT2D eigenvalue weighted by Crippen LogP contribution is 2.28. The molecule has 1 aromatic rings. The maximum absolute atomic E-state index is 10.6. The van der Waals surface area contributed by atoms with Crippen molar-refractivity contribution in [2.75, 3.05) is 6.61 Å². The third kappa shape index (κ3) is 2.65. The van der Waals surface area contributed by atoms with Crippen LogP contribution in [0.2, 0.25) is 5.02 Å². The Labute approximate surface area is 91.6 Å². The molecule has 0 aliphatic rings. The van der Waals surface area contributed by atoms with Crippen LogP contribution in [0, 0.1) is 10.1 Å². The number of aliphatic hydroxyl groups excluding tert-OH is 1. The van der Waals surface area contributed by atoms with Crippen LogP contribution in [-0.2, 0) is 13.0 Å². The summed E-state index contributed by atoms with van der Waals surface area (Å²) < 4.78 is 0. The summed E-state index contributed by atoms with van der Waals surface area (Å²) in [4.78, 5) is 10.1. The van der Waals surface area contributed by atoms with Gasteiger partial charge in [0.25, 0.3) is 5.69 Å². The molecule has 0 radical (unpaired) electrons. The molecule has 3 N–H and O–H groups in total. The van der Waals surface area contributed by atoms with E-state index in [2.05, 4.69) is 0 Å². The Balaban J connectivity index is 3.23. The van der Waals surface area contributed by atoms with E-state index in [9.17, 15) is 10.1 Å². The lowest BCUT2D eigenvalue weighted by Gasteiger charge is -2.07. The average Bonchev–Trinajstić information content (AvgIpc) is 2.20. The standard InChI is InChI=1S/C9H11ClN2O3/c10-8-3-7(5-11)6(1-2-13)4-9(8)12(14)15/h3-4,13H,1-2,5,11H2. The molecule has 1 aromatic carbocycles. The minimum Gasteiger partial charge on any atom is -0.396 e. The number of nitro groups is 1. The van der Waals surface area contributed by atoms with Crippen molar-refractivity contribution in [2.45, 2.75) is 13.0 Å². The summed E-state index contributed by atoms with van der Waals surface area (Å²) in [6.45, 7) is 0.166. The predicted molar refractivity (Wildman–Crippen MR) is 56.8 cm³/mol. The van der Waals surface area contributed by atoms with Crippen LogP contribution in [0.4, 0.5) is 5.69 Å². The van der Waals surface area contributed by atoms with Gasteiger partial charge >= 0.3 is 0 Å². The highest BCUT2D eigenvalue weighted by Gasteiger charge is 2.15. The average molecular weight is 231 g/mol. The highest BCUT2D eigenvalue weighted by molar-refractivity contribution is 6.32. The monoisotopic (exact) mass is 230 g/mol. The SMILES string of the molecule is NCc1cc(Cl)c([N+](=O)[O-])cc1CCO.